The first-order chi connectivity index (χ1) is 6.15. The second-order valence-corrected chi connectivity index (χ2v) is 4.01. The van der Waals surface area contributed by atoms with Crippen molar-refractivity contribution in [2.75, 3.05) is 13.6 Å². The Bertz CT molecular complexity index is 304. The molecule has 0 saturated carbocycles. The van der Waals surface area contributed by atoms with Gasteiger partial charge in [-0.25, -0.2) is 4.39 Å². The van der Waals surface area contributed by atoms with Gasteiger partial charge in [0.2, 0.25) is 0 Å². The third kappa shape index (κ3) is 2.93. The SMILES string of the molecule is CNCCc1cc(Br)cc(F)c1Cl. The summed E-state index contributed by atoms with van der Waals surface area (Å²) in [4.78, 5) is 0. The summed E-state index contributed by atoms with van der Waals surface area (Å²) in [5, 5.41) is 3.21. The summed E-state index contributed by atoms with van der Waals surface area (Å²) in [6.45, 7) is 0.787. The van der Waals surface area contributed by atoms with Crippen molar-refractivity contribution < 1.29 is 4.39 Å². The molecule has 13 heavy (non-hydrogen) atoms. The van der Waals surface area contributed by atoms with Gasteiger partial charge in [-0.05, 0) is 37.7 Å². The predicted molar refractivity (Wildman–Crippen MR) is 56.7 cm³/mol. The van der Waals surface area contributed by atoms with Gasteiger partial charge in [-0.2, -0.15) is 0 Å². The first-order valence-corrected chi connectivity index (χ1v) is 5.10. The summed E-state index contributed by atoms with van der Waals surface area (Å²) in [5.41, 5.74) is 0.822. The first kappa shape index (κ1) is 11.0. The summed E-state index contributed by atoms with van der Waals surface area (Å²) in [5.74, 6) is -0.373. The zero-order chi connectivity index (χ0) is 9.84. The molecule has 1 nitrogen and oxygen atoms in total. The van der Waals surface area contributed by atoms with Gasteiger partial charge < -0.3 is 5.32 Å². The molecule has 4 heteroatoms. The molecule has 0 saturated heterocycles. The Labute approximate surface area is 90.4 Å². The van der Waals surface area contributed by atoms with E-state index in [1.165, 1.54) is 6.07 Å². The largest absolute Gasteiger partial charge is 0.319 e. The summed E-state index contributed by atoms with van der Waals surface area (Å²) in [6, 6.07) is 3.20. The summed E-state index contributed by atoms with van der Waals surface area (Å²) in [7, 11) is 1.85. The third-order valence-corrected chi connectivity index (χ3v) is 2.59. The lowest BCUT2D eigenvalue weighted by Gasteiger charge is -2.05. The molecule has 0 aliphatic carbocycles. The monoisotopic (exact) mass is 265 g/mol. The zero-order valence-corrected chi connectivity index (χ0v) is 9.54. The number of benzene rings is 1. The highest BCUT2D eigenvalue weighted by Crippen LogP contribution is 2.24. The van der Waals surface area contributed by atoms with Gasteiger partial charge in [0.25, 0.3) is 0 Å². The lowest BCUT2D eigenvalue weighted by Crippen LogP contribution is -2.10. The molecule has 0 aliphatic rings. The van der Waals surface area contributed by atoms with E-state index in [2.05, 4.69) is 21.2 Å². The summed E-state index contributed by atoms with van der Waals surface area (Å²) >= 11 is 9.00. The average Bonchev–Trinajstić information content (AvgIpc) is 2.09. The molecule has 0 aliphatic heterocycles. The van der Waals surface area contributed by atoms with E-state index in [1.807, 2.05) is 13.1 Å². The van der Waals surface area contributed by atoms with Crippen molar-refractivity contribution in [1.82, 2.24) is 5.32 Å². The van der Waals surface area contributed by atoms with E-state index in [0.29, 0.717) is 0 Å². The van der Waals surface area contributed by atoms with E-state index < -0.39 is 0 Å². The van der Waals surface area contributed by atoms with Gasteiger partial charge >= 0.3 is 0 Å². The van der Waals surface area contributed by atoms with E-state index in [0.717, 1.165) is 23.0 Å². The number of hydrogen-bond acceptors (Lipinski definition) is 1. The molecular formula is C9H10BrClFN. The molecule has 1 rings (SSSR count). The Morgan fingerprint density at radius 1 is 1.54 bits per heavy atom. The molecule has 0 heterocycles. The van der Waals surface area contributed by atoms with Crippen LogP contribution in [0.25, 0.3) is 0 Å². The maximum Gasteiger partial charge on any atom is 0.143 e. The Balaban J connectivity index is 2.92. The molecule has 0 spiro atoms. The minimum Gasteiger partial charge on any atom is -0.319 e. The molecule has 0 fully saturated rings. The van der Waals surface area contributed by atoms with Crippen molar-refractivity contribution in [3.63, 3.8) is 0 Å². The number of halogens is 3. The maximum absolute atomic E-state index is 13.1. The zero-order valence-electron chi connectivity index (χ0n) is 7.20. The molecule has 1 aromatic rings. The van der Waals surface area contributed by atoms with E-state index in [-0.39, 0.29) is 10.8 Å². The van der Waals surface area contributed by atoms with Gasteiger partial charge in [0.05, 0.1) is 5.02 Å². The fraction of sp³-hybridized carbons (Fsp3) is 0.333. The number of rotatable bonds is 3. The van der Waals surface area contributed by atoms with Crippen molar-refractivity contribution in [2.45, 2.75) is 6.42 Å². The van der Waals surface area contributed by atoms with Crippen molar-refractivity contribution in [3.8, 4) is 0 Å². The van der Waals surface area contributed by atoms with Gasteiger partial charge in [-0.3, -0.25) is 0 Å². The molecule has 0 amide bonds. The van der Waals surface area contributed by atoms with Crippen molar-refractivity contribution >= 4 is 27.5 Å². The van der Waals surface area contributed by atoms with Crippen LogP contribution in [0.1, 0.15) is 5.56 Å². The number of hydrogen-bond donors (Lipinski definition) is 1. The van der Waals surface area contributed by atoms with Crippen molar-refractivity contribution in [2.24, 2.45) is 0 Å². The van der Waals surface area contributed by atoms with Gasteiger partial charge in [0, 0.05) is 4.47 Å². The molecule has 1 N–H and O–H groups in total. The van der Waals surface area contributed by atoms with Gasteiger partial charge in [-0.1, -0.05) is 27.5 Å². The van der Waals surface area contributed by atoms with Crippen LogP contribution in [0.15, 0.2) is 16.6 Å². The smallest absolute Gasteiger partial charge is 0.143 e. The van der Waals surface area contributed by atoms with Crippen molar-refractivity contribution in [3.05, 3.63) is 33.0 Å². The Hall–Kier alpha value is -0.120. The highest BCUT2D eigenvalue weighted by Gasteiger charge is 2.07. The highest BCUT2D eigenvalue weighted by atomic mass is 79.9. The Morgan fingerprint density at radius 2 is 2.23 bits per heavy atom. The van der Waals surface area contributed by atoms with E-state index in [1.54, 1.807) is 0 Å². The molecule has 72 valence electrons. The minimum atomic E-state index is -0.373. The molecule has 0 bridgehead atoms. The fourth-order valence-corrected chi connectivity index (χ4v) is 1.73. The fourth-order valence-electron chi connectivity index (χ4n) is 1.05. The van der Waals surface area contributed by atoms with Crippen LogP contribution in [0.5, 0.6) is 0 Å². The average molecular weight is 267 g/mol. The standard InChI is InChI=1S/C9H10BrClFN/c1-13-3-2-6-4-7(10)5-8(12)9(6)11/h4-5,13H,2-3H2,1H3. The van der Waals surface area contributed by atoms with Crippen LogP contribution in [-0.2, 0) is 6.42 Å². The lowest BCUT2D eigenvalue weighted by atomic mass is 10.1. The first-order valence-electron chi connectivity index (χ1n) is 3.93. The molecule has 0 radical (unpaired) electrons. The maximum atomic E-state index is 13.1. The van der Waals surface area contributed by atoms with E-state index >= 15 is 0 Å². The Morgan fingerprint density at radius 3 is 2.85 bits per heavy atom. The van der Waals surface area contributed by atoms with Crippen LogP contribution in [0.3, 0.4) is 0 Å². The van der Waals surface area contributed by atoms with Crippen LogP contribution in [0.2, 0.25) is 5.02 Å². The second kappa shape index (κ2) is 4.94. The number of nitrogens with one attached hydrogen (secondary N) is 1. The highest BCUT2D eigenvalue weighted by molar-refractivity contribution is 9.10. The van der Waals surface area contributed by atoms with Crippen LogP contribution >= 0.6 is 27.5 Å². The molecule has 0 atom stereocenters. The quantitative estimate of drug-likeness (QED) is 0.829. The third-order valence-electron chi connectivity index (χ3n) is 1.71. The topological polar surface area (TPSA) is 12.0 Å². The van der Waals surface area contributed by atoms with Crippen LogP contribution in [0.4, 0.5) is 4.39 Å². The summed E-state index contributed by atoms with van der Waals surface area (Å²) < 4.78 is 13.8. The van der Waals surface area contributed by atoms with Crippen molar-refractivity contribution in [1.29, 1.82) is 0 Å². The summed E-state index contributed by atoms with van der Waals surface area (Å²) in [6.07, 6.45) is 0.728. The van der Waals surface area contributed by atoms with Gasteiger partial charge in [0.15, 0.2) is 0 Å². The predicted octanol–water partition coefficient (Wildman–Crippen LogP) is 3.00. The van der Waals surface area contributed by atoms with Crippen LogP contribution in [0, 0.1) is 5.82 Å². The van der Waals surface area contributed by atoms with Gasteiger partial charge in [-0.15, -0.1) is 0 Å². The van der Waals surface area contributed by atoms with E-state index in [4.69, 9.17) is 11.6 Å². The molecule has 0 aromatic heterocycles. The second-order valence-electron chi connectivity index (χ2n) is 2.71. The van der Waals surface area contributed by atoms with Crippen LogP contribution < -0.4 is 5.32 Å². The Kier molecular flexibility index (Phi) is 4.16. The van der Waals surface area contributed by atoms with E-state index in [9.17, 15) is 4.39 Å². The number of likely N-dealkylation sites (N-methyl/N-ethyl adjacent to an activating group) is 1. The lowest BCUT2D eigenvalue weighted by molar-refractivity contribution is 0.624. The molecule has 1 aromatic carbocycles. The van der Waals surface area contributed by atoms with Crippen LogP contribution in [-0.4, -0.2) is 13.6 Å². The minimum absolute atomic E-state index is 0.221. The van der Waals surface area contributed by atoms with Gasteiger partial charge in [0.1, 0.15) is 5.82 Å². The molecular weight excluding hydrogens is 256 g/mol. The normalized spacial score (nSPS) is 10.5. The molecule has 0 unspecified atom stereocenters.